The maximum Gasteiger partial charge on any atom is 0.227 e. The van der Waals surface area contributed by atoms with Crippen LogP contribution in [0, 0.1) is 5.92 Å². The second-order valence-electron chi connectivity index (χ2n) is 5.95. The summed E-state index contributed by atoms with van der Waals surface area (Å²) in [6, 6.07) is 15.1. The van der Waals surface area contributed by atoms with E-state index in [1.165, 1.54) is 0 Å². The van der Waals surface area contributed by atoms with Gasteiger partial charge in [0.2, 0.25) is 11.8 Å². The smallest absolute Gasteiger partial charge is 0.227 e. The van der Waals surface area contributed by atoms with Gasteiger partial charge in [-0.15, -0.1) is 0 Å². The van der Waals surface area contributed by atoms with Gasteiger partial charge >= 0.3 is 0 Å². The largest absolute Gasteiger partial charge is 0.497 e. The van der Waals surface area contributed by atoms with E-state index >= 15 is 0 Å². The number of anilines is 1. The molecular formula is C19H19BrN2O3. The third-order valence-corrected chi connectivity index (χ3v) is 4.76. The van der Waals surface area contributed by atoms with E-state index in [1.54, 1.807) is 12.0 Å². The van der Waals surface area contributed by atoms with Crippen LogP contribution in [0.25, 0.3) is 0 Å². The maximum absolute atomic E-state index is 12.4. The minimum atomic E-state index is -0.332. The molecule has 1 fully saturated rings. The number of carbonyl (C=O) groups excluding carboxylic acids is 2. The number of hydrogen-bond acceptors (Lipinski definition) is 3. The summed E-state index contributed by atoms with van der Waals surface area (Å²) in [6.45, 7) is 0.823. The van der Waals surface area contributed by atoms with Crippen molar-refractivity contribution in [3.05, 3.63) is 58.6 Å². The third-order valence-electron chi connectivity index (χ3n) is 4.24. The van der Waals surface area contributed by atoms with Gasteiger partial charge in [-0.25, -0.2) is 0 Å². The zero-order valence-electron chi connectivity index (χ0n) is 13.9. The number of ether oxygens (including phenoxy) is 1. The number of methoxy groups -OCH3 is 1. The fraction of sp³-hybridized carbons (Fsp3) is 0.263. The van der Waals surface area contributed by atoms with E-state index in [2.05, 4.69) is 21.2 Å². The molecule has 130 valence electrons. The van der Waals surface area contributed by atoms with E-state index in [4.69, 9.17) is 4.74 Å². The molecule has 6 heteroatoms. The van der Waals surface area contributed by atoms with E-state index in [1.807, 2.05) is 48.5 Å². The summed E-state index contributed by atoms with van der Waals surface area (Å²) in [5, 5.41) is 2.91. The van der Waals surface area contributed by atoms with Crippen LogP contribution in [0.15, 0.2) is 53.0 Å². The number of amides is 2. The molecule has 1 atom stereocenters. The fourth-order valence-corrected chi connectivity index (χ4v) is 3.13. The van der Waals surface area contributed by atoms with Gasteiger partial charge < -0.3 is 15.0 Å². The van der Waals surface area contributed by atoms with Crippen LogP contribution in [0.1, 0.15) is 12.0 Å². The highest BCUT2D eigenvalue weighted by molar-refractivity contribution is 9.10. The van der Waals surface area contributed by atoms with Crippen molar-refractivity contribution >= 4 is 33.4 Å². The van der Waals surface area contributed by atoms with Crippen molar-refractivity contribution in [1.82, 2.24) is 5.32 Å². The number of hydrogen-bond donors (Lipinski definition) is 1. The number of nitrogens with zero attached hydrogens (tertiary/aromatic N) is 1. The highest BCUT2D eigenvalue weighted by Crippen LogP contribution is 2.26. The standard InChI is InChI=1S/C19H19BrN2O3/c1-25-17-4-2-3-13(9-17)11-21-19(24)14-10-18(23)22(12-14)16-7-5-15(20)6-8-16/h2-9,14H,10-12H2,1H3,(H,21,24)/t14-/m0/s1. The van der Waals surface area contributed by atoms with E-state index < -0.39 is 0 Å². The van der Waals surface area contributed by atoms with Crippen LogP contribution in [0.5, 0.6) is 5.75 Å². The SMILES string of the molecule is COc1cccc(CNC(=O)[C@H]2CC(=O)N(c3ccc(Br)cc3)C2)c1. The van der Waals surface area contributed by atoms with E-state index in [0.717, 1.165) is 21.5 Å². The lowest BCUT2D eigenvalue weighted by atomic mass is 10.1. The number of rotatable bonds is 5. The Bertz CT molecular complexity index is 776. The van der Waals surface area contributed by atoms with Crippen LogP contribution in [-0.2, 0) is 16.1 Å². The molecule has 3 rings (SSSR count). The Morgan fingerprint density at radius 3 is 2.76 bits per heavy atom. The third kappa shape index (κ3) is 4.20. The van der Waals surface area contributed by atoms with Crippen LogP contribution < -0.4 is 15.0 Å². The number of benzene rings is 2. The second-order valence-corrected chi connectivity index (χ2v) is 6.87. The molecule has 2 aromatic carbocycles. The summed E-state index contributed by atoms with van der Waals surface area (Å²) in [4.78, 5) is 26.3. The molecule has 1 heterocycles. The molecule has 2 aromatic rings. The first-order valence-corrected chi connectivity index (χ1v) is 8.82. The topological polar surface area (TPSA) is 58.6 Å². The fourth-order valence-electron chi connectivity index (χ4n) is 2.87. The molecule has 0 unspecified atom stereocenters. The summed E-state index contributed by atoms with van der Waals surface area (Å²) < 4.78 is 6.13. The lowest BCUT2D eigenvalue weighted by molar-refractivity contribution is -0.126. The summed E-state index contributed by atoms with van der Waals surface area (Å²) in [5.41, 5.74) is 1.78. The Kier molecular flexibility index (Phi) is 5.38. The van der Waals surface area contributed by atoms with Crippen LogP contribution >= 0.6 is 15.9 Å². The van der Waals surface area contributed by atoms with Gasteiger partial charge in [0.15, 0.2) is 0 Å². The van der Waals surface area contributed by atoms with E-state index in [-0.39, 0.29) is 24.2 Å². The Morgan fingerprint density at radius 1 is 1.28 bits per heavy atom. The summed E-state index contributed by atoms with van der Waals surface area (Å²) in [6.07, 6.45) is 0.236. The molecule has 25 heavy (non-hydrogen) atoms. The Labute approximate surface area is 155 Å². The Balaban J connectivity index is 1.59. The van der Waals surface area contributed by atoms with Crippen molar-refractivity contribution in [1.29, 1.82) is 0 Å². The van der Waals surface area contributed by atoms with Gasteiger partial charge in [-0.2, -0.15) is 0 Å². The molecule has 0 radical (unpaired) electrons. The molecule has 0 saturated carbocycles. The second kappa shape index (κ2) is 7.70. The van der Waals surface area contributed by atoms with Crippen molar-refractivity contribution < 1.29 is 14.3 Å². The lowest BCUT2D eigenvalue weighted by Crippen LogP contribution is -2.32. The van der Waals surface area contributed by atoms with E-state index in [9.17, 15) is 9.59 Å². The summed E-state index contributed by atoms with van der Waals surface area (Å²) >= 11 is 3.38. The first kappa shape index (κ1) is 17.5. The Hall–Kier alpha value is -2.34. The van der Waals surface area contributed by atoms with Crippen molar-refractivity contribution in [2.75, 3.05) is 18.6 Å². The van der Waals surface area contributed by atoms with Gasteiger partial charge in [0.05, 0.1) is 13.0 Å². The van der Waals surface area contributed by atoms with Crippen molar-refractivity contribution in [2.45, 2.75) is 13.0 Å². The molecule has 1 saturated heterocycles. The van der Waals surface area contributed by atoms with Crippen molar-refractivity contribution in [2.24, 2.45) is 5.92 Å². The zero-order chi connectivity index (χ0) is 17.8. The van der Waals surface area contributed by atoms with Crippen LogP contribution in [0.4, 0.5) is 5.69 Å². The molecule has 2 amide bonds. The van der Waals surface area contributed by atoms with Crippen LogP contribution in [0.2, 0.25) is 0 Å². The highest BCUT2D eigenvalue weighted by atomic mass is 79.9. The minimum Gasteiger partial charge on any atom is -0.497 e. The predicted octanol–water partition coefficient (Wildman–Crippen LogP) is 3.13. The van der Waals surface area contributed by atoms with Gasteiger partial charge in [0.1, 0.15) is 5.75 Å². The van der Waals surface area contributed by atoms with Crippen LogP contribution in [0.3, 0.4) is 0 Å². The first-order chi connectivity index (χ1) is 12.1. The lowest BCUT2D eigenvalue weighted by Gasteiger charge is -2.17. The molecule has 1 N–H and O–H groups in total. The summed E-state index contributed by atoms with van der Waals surface area (Å²) in [7, 11) is 1.61. The molecule has 1 aliphatic heterocycles. The number of nitrogens with one attached hydrogen (secondary N) is 1. The number of halogens is 1. The normalized spacial score (nSPS) is 16.8. The van der Waals surface area contributed by atoms with Gasteiger partial charge in [-0.05, 0) is 42.0 Å². The Morgan fingerprint density at radius 2 is 2.04 bits per heavy atom. The van der Waals surface area contributed by atoms with Gasteiger partial charge in [-0.3, -0.25) is 9.59 Å². The van der Waals surface area contributed by atoms with Gasteiger partial charge in [0, 0.05) is 29.7 Å². The zero-order valence-corrected chi connectivity index (χ0v) is 15.5. The molecular weight excluding hydrogens is 384 g/mol. The average molecular weight is 403 g/mol. The monoisotopic (exact) mass is 402 g/mol. The van der Waals surface area contributed by atoms with Gasteiger partial charge in [0.25, 0.3) is 0 Å². The quantitative estimate of drug-likeness (QED) is 0.835. The van der Waals surface area contributed by atoms with Crippen molar-refractivity contribution in [3.63, 3.8) is 0 Å². The minimum absolute atomic E-state index is 0.0242. The molecule has 0 spiro atoms. The maximum atomic E-state index is 12.4. The molecule has 1 aliphatic rings. The summed E-state index contributed by atoms with van der Waals surface area (Å²) in [5.74, 6) is 0.297. The molecule has 0 aromatic heterocycles. The van der Waals surface area contributed by atoms with E-state index in [0.29, 0.717) is 13.1 Å². The van der Waals surface area contributed by atoms with Crippen LogP contribution in [-0.4, -0.2) is 25.5 Å². The highest BCUT2D eigenvalue weighted by Gasteiger charge is 2.34. The average Bonchev–Trinajstić information content (AvgIpc) is 3.02. The predicted molar refractivity (Wildman–Crippen MR) is 99.4 cm³/mol. The molecule has 0 aliphatic carbocycles. The molecule has 0 bridgehead atoms. The molecule has 5 nitrogen and oxygen atoms in total. The van der Waals surface area contributed by atoms with Gasteiger partial charge in [-0.1, -0.05) is 28.1 Å². The number of carbonyl (C=O) groups is 2. The van der Waals surface area contributed by atoms with Crippen molar-refractivity contribution in [3.8, 4) is 5.75 Å². The first-order valence-electron chi connectivity index (χ1n) is 8.03.